The molecular weight excluding hydrogens is 374 g/mol. The molecule has 162 valence electrons. The van der Waals surface area contributed by atoms with Crippen molar-refractivity contribution < 1.29 is 23.9 Å². The van der Waals surface area contributed by atoms with Gasteiger partial charge >= 0.3 is 5.97 Å². The number of rotatable bonds is 11. The summed E-state index contributed by atoms with van der Waals surface area (Å²) in [6.45, 7) is 8.80. The third kappa shape index (κ3) is 8.62. The lowest BCUT2D eigenvalue weighted by atomic mass is 9.95. The van der Waals surface area contributed by atoms with Crippen LogP contribution in [0.5, 0.6) is 0 Å². The molecule has 0 aromatic heterocycles. The maximum Gasteiger partial charge on any atom is 0.314 e. The predicted molar refractivity (Wildman–Crippen MR) is 109 cm³/mol. The smallest absolute Gasteiger partial charge is 0.314 e. The molecule has 0 saturated heterocycles. The molecule has 0 aliphatic rings. The lowest BCUT2D eigenvalue weighted by molar-refractivity contribution is -0.159. The standard InChI is InChI=1S/C21H33N3O5/c1-14(2)17(22)19(26)24-15(3)18(25)23-13-28-12-21(4,5)20(27)29-11-16-9-7-6-8-10-16/h6-10,14-15,17H,11-13,22H2,1-5H3,(H,23,25)(H,24,26)/t15-,17-/m0/s1. The van der Waals surface area contributed by atoms with E-state index >= 15 is 0 Å². The van der Waals surface area contributed by atoms with E-state index in [1.54, 1.807) is 20.8 Å². The zero-order valence-electron chi connectivity index (χ0n) is 17.9. The van der Waals surface area contributed by atoms with E-state index in [0.717, 1.165) is 5.56 Å². The van der Waals surface area contributed by atoms with Crippen molar-refractivity contribution in [2.24, 2.45) is 17.1 Å². The Bertz CT molecular complexity index is 676. The second kappa shape index (κ2) is 11.5. The van der Waals surface area contributed by atoms with Gasteiger partial charge in [-0.15, -0.1) is 0 Å². The lowest BCUT2D eigenvalue weighted by Crippen LogP contribution is -2.52. The third-order valence-electron chi connectivity index (χ3n) is 4.35. The summed E-state index contributed by atoms with van der Waals surface area (Å²) >= 11 is 0. The van der Waals surface area contributed by atoms with Crippen LogP contribution in [0.1, 0.15) is 40.2 Å². The fraction of sp³-hybridized carbons (Fsp3) is 0.571. The zero-order valence-corrected chi connectivity index (χ0v) is 17.9. The Morgan fingerprint density at radius 2 is 1.69 bits per heavy atom. The van der Waals surface area contributed by atoms with Gasteiger partial charge < -0.3 is 25.8 Å². The molecule has 8 nitrogen and oxygen atoms in total. The van der Waals surface area contributed by atoms with Crippen LogP contribution in [0.4, 0.5) is 0 Å². The van der Waals surface area contributed by atoms with E-state index in [2.05, 4.69) is 10.6 Å². The van der Waals surface area contributed by atoms with Gasteiger partial charge in [-0.3, -0.25) is 14.4 Å². The van der Waals surface area contributed by atoms with E-state index in [4.69, 9.17) is 15.2 Å². The highest BCUT2D eigenvalue weighted by Crippen LogP contribution is 2.18. The largest absolute Gasteiger partial charge is 0.460 e. The number of nitrogens with two attached hydrogens (primary N) is 1. The van der Waals surface area contributed by atoms with Crippen LogP contribution in [-0.4, -0.2) is 43.2 Å². The highest BCUT2D eigenvalue weighted by molar-refractivity contribution is 5.89. The fourth-order valence-corrected chi connectivity index (χ4v) is 2.24. The fourth-order valence-electron chi connectivity index (χ4n) is 2.24. The van der Waals surface area contributed by atoms with Crippen molar-refractivity contribution in [1.29, 1.82) is 0 Å². The first kappa shape index (κ1) is 24.6. The Balaban J connectivity index is 2.33. The van der Waals surface area contributed by atoms with Crippen molar-refractivity contribution in [3.8, 4) is 0 Å². The molecule has 1 aromatic rings. The van der Waals surface area contributed by atoms with Crippen LogP contribution in [0.15, 0.2) is 30.3 Å². The van der Waals surface area contributed by atoms with Gasteiger partial charge in [0.05, 0.1) is 18.1 Å². The number of esters is 1. The number of ether oxygens (including phenoxy) is 2. The minimum absolute atomic E-state index is 0.0301. The maximum atomic E-state index is 12.3. The van der Waals surface area contributed by atoms with Crippen LogP contribution in [-0.2, 0) is 30.5 Å². The molecule has 29 heavy (non-hydrogen) atoms. The van der Waals surface area contributed by atoms with Gasteiger partial charge in [0.1, 0.15) is 19.4 Å². The summed E-state index contributed by atoms with van der Waals surface area (Å²) in [7, 11) is 0. The number of benzene rings is 1. The lowest BCUT2D eigenvalue weighted by Gasteiger charge is -2.23. The SMILES string of the molecule is CC(C)[C@H](N)C(=O)N[C@@H](C)C(=O)NCOCC(C)(C)C(=O)OCc1ccccc1. The number of carbonyl (C=O) groups excluding carboxylic acids is 3. The summed E-state index contributed by atoms with van der Waals surface area (Å²) in [5, 5.41) is 5.12. The average molecular weight is 408 g/mol. The zero-order chi connectivity index (χ0) is 22.0. The summed E-state index contributed by atoms with van der Waals surface area (Å²) in [6, 6.07) is 7.96. The Morgan fingerprint density at radius 3 is 2.28 bits per heavy atom. The first-order valence-electron chi connectivity index (χ1n) is 9.67. The maximum absolute atomic E-state index is 12.3. The second-order valence-electron chi connectivity index (χ2n) is 7.98. The van der Waals surface area contributed by atoms with E-state index in [1.807, 2.05) is 44.2 Å². The summed E-state index contributed by atoms with van der Waals surface area (Å²) in [5.74, 6) is -1.21. The van der Waals surface area contributed by atoms with Crippen LogP contribution in [0.3, 0.4) is 0 Å². The molecule has 0 unspecified atom stereocenters. The monoisotopic (exact) mass is 407 g/mol. The number of hydrogen-bond donors (Lipinski definition) is 3. The number of hydrogen-bond acceptors (Lipinski definition) is 6. The van der Waals surface area contributed by atoms with Gasteiger partial charge in [-0.2, -0.15) is 0 Å². The summed E-state index contributed by atoms with van der Waals surface area (Å²) in [5.41, 5.74) is 5.79. The highest BCUT2D eigenvalue weighted by Gasteiger charge is 2.30. The van der Waals surface area contributed by atoms with Crippen molar-refractivity contribution in [3.63, 3.8) is 0 Å². The first-order chi connectivity index (χ1) is 13.5. The molecule has 4 N–H and O–H groups in total. The average Bonchev–Trinajstić information content (AvgIpc) is 2.68. The predicted octanol–water partition coefficient (Wildman–Crippen LogP) is 1.33. The third-order valence-corrected chi connectivity index (χ3v) is 4.35. The van der Waals surface area contributed by atoms with Gasteiger partial charge in [-0.05, 0) is 32.3 Å². The van der Waals surface area contributed by atoms with Crippen LogP contribution >= 0.6 is 0 Å². The molecule has 0 aliphatic heterocycles. The van der Waals surface area contributed by atoms with Gasteiger partial charge in [0.25, 0.3) is 0 Å². The molecule has 0 bridgehead atoms. The van der Waals surface area contributed by atoms with Gasteiger partial charge in [-0.1, -0.05) is 44.2 Å². The molecule has 0 aliphatic carbocycles. The molecule has 0 spiro atoms. The topological polar surface area (TPSA) is 120 Å². The van der Waals surface area contributed by atoms with Crippen LogP contribution in [0.25, 0.3) is 0 Å². The van der Waals surface area contributed by atoms with E-state index < -0.39 is 29.4 Å². The summed E-state index contributed by atoms with van der Waals surface area (Å²) in [4.78, 5) is 36.2. The quantitative estimate of drug-likeness (QED) is 0.289. The Hall–Kier alpha value is -2.45. The Morgan fingerprint density at radius 1 is 1.07 bits per heavy atom. The van der Waals surface area contributed by atoms with Crippen molar-refractivity contribution in [3.05, 3.63) is 35.9 Å². The van der Waals surface area contributed by atoms with Crippen LogP contribution < -0.4 is 16.4 Å². The molecule has 0 fully saturated rings. The summed E-state index contributed by atoms with van der Waals surface area (Å²) < 4.78 is 10.7. The second-order valence-corrected chi connectivity index (χ2v) is 7.98. The molecule has 0 radical (unpaired) electrons. The highest BCUT2D eigenvalue weighted by atomic mass is 16.5. The molecule has 1 rings (SSSR count). The number of nitrogens with one attached hydrogen (secondary N) is 2. The van der Waals surface area contributed by atoms with Crippen molar-refractivity contribution >= 4 is 17.8 Å². The van der Waals surface area contributed by atoms with Crippen molar-refractivity contribution in [2.75, 3.05) is 13.3 Å². The number of carbonyl (C=O) groups is 3. The van der Waals surface area contributed by atoms with Gasteiger partial charge in [0.15, 0.2) is 0 Å². The molecule has 2 amide bonds. The van der Waals surface area contributed by atoms with E-state index in [0.29, 0.717) is 0 Å². The van der Waals surface area contributed by atoms with Crippen LogP contribution in [0, 0.1) is 11.3 Å². The minimum Gasteiger partial charge on any atom is -0.460 e. The van der Waals surface area contributed by atoms with Gasteiger partial charge in [0, 0.05) is 0 Å². The van der Waals surface area contributed by atoms with E-state index in [1.165, 1.54) is 0 Å². The normalized spacial score (nSPS) is 13.5. The molecule has 8 heteroatoms. The van der Waals surface area contributed by atoms with E-state index in [-0.39, 0.29) is 31.8 Å². The van der Waals surface area contributed by atoms with Crippen molar-refractivity contribution in [1.82, 2.24) is 10.6 Å². The first-order valence-corrected chi connectivity index (χ1v) is 9.67. The molecule has 1 aromatic carbocycles. The number of amides is 2. The molecule has 0 heterocycles. The van der Waals surface area contributed by atoms with Gasteiger partial charge in [-0.25, -0.2) is 0 Å². The Labute approximate surface area is 172 Å². The van der Waals surface area contributed by atoms with E-state index in [9.17, 15) is 14.4 Å². The molecular formula is C21H33N3O5. The molecule has 2 atom stereocenters. The van der Waals surface area contributed by atoms with Crippen LogP contribution in [0.2, 0.25) is 0 Å². The molecule has 0 saturated carbocycles. The Kier molecular flexibility index (Phi) is 9.77. The van der Waals surface area contributed by atoms with Crippen molar-refractivity contribution in [2.45, 2.75) is 53.3 Å². The van der Waals surface area contributed by atoms with Gasteiger partial charge in [0.2, 0.25) is 11.8 Å². The minimum atomic E-state index is -0.872. The summed E-state index contributed by atoms with van der Waals surface area (Å²) in [6.07, 6.45) is 0.